The topological polar surface area (TPSA) is 78.1 Å². The molecule has 0 atom stereocenters. The highest BCUT2D eigenvalue weighted by molar-refractivity contribution is 8.01. The first-order chi connectivity index (χ1) is 8.60. The molecule has 1 aromatic carbocycles. The molecule has 7 heteroatoms. The maximum Gasteiger partial charge on any atom is 0.337 e. The van der Waals surface area contributed by atoms with Crippen molar-refractivity contribution in [1.82, 2.24) is 9.36 Å². The molecule has 0 aliphatic rings. The molecule has 1 aromatic heterocycles. The Bertz CT molecular complexity index is 583. The molecule has 0 spiro atoms. The van der Waals surface area contributed by atoms with Gasteiger partial charge in [0, 0.05) is 10.6 Å². The van der Waals surface area contributed by atoms with E-state index >= 15 is 0 Å². The zero-order chi connectivity index (χ0) is 13.1. The van der Waals surface area contributed by atoms with Crippen LogP contribution in [0.25, 0.3) is 0 Å². The van der Waals surface area contributed by atoms with Crippen LogP contribution < -0.4 is 5.73 Å². The first kappa shape index (κ1) is 12.8. The Balaban J connectivity index is 2.29. The van der Waals surface area contributed by atoms with Crippen molar-refractivity contribution in [3.05, 3.63) is 29.6 Å². The molecule has 2 rings (SSSR count). The summed E-state index contributed by atoms with van der Waals surface area (Å²) in [5.41, 5.74) is 6.93. The predicted octanol–water partition coefficient (Wildman–Crippen LogP) is 2.37. The summed E-state index contributed by atoms with van der Waals surface area (Å²) in [6.45, 7) is 1.83. The average Bonchev–Trinajstić information content (AvgIpc) is 2.76. The highest BCUT2D eigenvalue weighted by Crippen LogP contribution is 2.33. The Kier molecular flexibility index (Phi) is 3.83. The van der Waals surface area contributed by atoms with Crippen LogP contribution in [-0.4, -0.2) is 22.4 Å². The molecule has 2 N–H and O–H groups in total. The van der Waals surface area contributed by atoms with Gasteiger partial charge in [0.15, 0.2) is 4.34 Å². The van der Waals surface area contributed by atoms with E-state index in [9.17, 15) is 4.79 Å². The average molecular weight is 281 g/mol. The lowest BCUT2D eigenvalue weighted by Gasteiger charge is -2.05. The monoisotopic (exact) mass is 281 g/mol. The van der Waals surface area contributed by atoms with Gasteiger partial charge in [0.05, 0.1) is 12.7 Å². The van der Waals surface area contributed by atoms with Gasteiger partial charge in [0.1, 0.15) is 5.82 Å². The van der Waals surface area contributed by atoms with Gasteiger partial charge in [-0.3, -0.25) is 0 Å². The van der Waals surface area contributed by atoms with Gasteiger partial charge < -0.3 is 10.5 Å². The van der Waals surface area contributed by atoms with E-state index < -0.39 is 0 Å². The molecular weight excluding hydrogens is 270 g/mol. The number of benzene rings is 1. The van der Waals surface area contributed by atoms with Crippen molar-refractivity contribution >= 4 is 35.0 Å². The van der Waals surface area contributed by atoms with Crippen molar-refractivity contribution in [3.63, 3.8) is 0 Å². The quantitative estimate of drug-likeness (QED) is 0.687. The number of nitrogen functional groups attached to an aromatic ring is 1. The van der Waals surface area contributed by atoms with Crippen LogP contribution in [0, 0.1) is 6.92 Å². The maximum atomic E-state index is 11.4. The van der Waals surface area contributed by atoms with E-state index in [2.05, 4.69) is 14.1 Å². The van der Waals surface area contributed by atoms with Gasteiger partial charge in [-0.25, -0.2) is 9.78 Å². The van der Waals surface area contributed by atoms with Gasteiger partial charge in [0.25, 0.3) is 0 Å². The van der Waals surface area contributed by atoms with Crippen LogP contribution in [-0.2, 0) is 4.74 Å². The van der Waals surface area contributed by atoms with Crippen molar-refractivity contribution < 1.29 is 9.53 Å². The van der Waals surface area contributed by atoms with Gasteiger partial charge in [-0.2, -0.15) is 4.37 Å². The van der Waals surface area contributed by atoms with Crippen LogP contribution >= 0.6 is 23.3 Å². The van der Waals surface area contributed by atoms with E-state index in [1.807, 2.05) is 6.92 Å². The zero-order valence-corrected chi connectivity index (χ0v) is 11.5. The molecule has 0 aliphatic heterocycles. The van der Waals surface area contributed by atoms with Crippen molar-refractivity contribution in [1.29, 1.82) is 0 Å². The van der Waals surface area contributed by atoms with Crippen LogP contribution in [0.3, 0.4) is 0 Å². The summed E-state index contributed by atoms with van der Waals surface area (Å²) in [6, 6.07) is 5.02. The molecule has 0 aliphatic carbocycles. The van der Waals surface area contributed by atoms with Gasteiger partial charge in [0.2, 0.25) is 0 Å². The summed E-state index contributed by atoms with van der Waals surface area (Å²) in [5.74, 6) is 0.343. The molecule has 5 nitrogen and oxygen atoms in total. The number of anilines is 1. The molecule has 0 amide bonds. The smallest absolute Gasteiger partial charge is 0.337 e. The fourth-order valence-electron chi connectivity index (χ4n) is 1.28. The third-order valence-corrected chi connectivity index (χ3v) is 4.06. The van der Waals surface area contributed by atoms with Gasteiger partial charge in [-0.1, -0.05) is 11.8 Å². The van der Waals surface area contributed by atoms with Crippen LogP contribution in [0.5, 0.6) is 0 Å². The van der Waals surface area contributed by atoms with Crippen LogP contribution in [0.15, 0.2) is 27.4 Å². The lowest BCUT2D eigenvalue weighted by atomic mass is 10.2. The molecule has 0 saturated heterocycles. The Morgan fingerprint density at radius 1 is 1.50 bits per heavy atom. The second-order valence-electron chi connectivity index (χ2n) is 3.45. The Morgan fingerprint density at radius 2 is 2.28 bits per heavy atom. The van der Waals surface area contributed by atoms with Crippen LogP contribution in [0.4, 0.5) is 5.69 Å². The molecule has 0 unspecified atom stereocenters. The second-order valence-corrected chi connectivity index (χ2v) is 5.49. The fourth-order valence-corrected chi connectivity index (χ4v) is 2.97. The number of aryl methyl sites for hydroxylation is 1. The number of methoxy groups -OCH3 is 1. The SMILES string of the molecule is COC(=O)c1ccc(N)c(Sc2nc(C)ns2)c1. The van der Waals surface area contributed by atoms with Crippen molar-refractivity contribution in [2.75, 3.05) is 12.8 Å². The minimum atomic E-state index is -0.384. The van der Waals surface area contributed by atoms with Crippen molar-refractivity contribution in [3.8, 4) is 0 Å². The zero-order valence-electron chi connectivity index (χ0n) is 9.84. The summed E-state index contributed by atoms with van der Waals surface area (Å²) in [4.78, 5) is 16.4. The Labute approximate surface area is 113 Å². The lowest BCUT2D eigenvalue weighted by molar-refractivity contribution is 0.0600. The standard InChI is InChI=1S/C11H11N3O2S2/c1-6-13-11(18-14-6)17-9-5-7(10(15)16-2)3-4-8(9)12/h3-5H,12H2,1-2H3. The minimum absolute atomic E-state index is 0.384. The minimum Gasteiger partial charge on any atom is -0.465 e. The summed E-state index contributed by atoms with van der Waals surface area (Å²) in [6.07, 6.45) is 0. The number of esters is 1. The van der Waals surface area contributed by atoms with E-state index in [-0.39, 0.29) is 5.97 Å². The van der Waals surface area contributed by atoms with Crippen LogP contribution in [0.2, 0.25) is 0 Å². The van der Waals surface area contributed by atoms with Crippen molar-refractivity contribution in [2.45, 2.75) is 16.2 Å². The number of hydrogen-bond donors (Lipinski definition) is 1. The number of rotatable bonds is 3. The first-order valence-corrected chi connectivity index (χ1v) is 6.65. The lowest BCUT2D eigenvalue weighted by Crippen LogP contribution is -2.02. The van der Waals surface area contributed by atoms with E-state index in [4.69, 9.17) is 5.73 Å². The summed E-state index contributed by atoms with van der Waals surface area (Å²) in [5, 5.41) is 0. The largest absolute Gasteiger partial charge is 0.465 e. The second kappa shape index (κ2) is 5.36. The summed E-state index contributed by atoms with van der Waals surface area (Å²) >= 11 is 2.69. The number of carbonyl (C=O) groups is 1. The molecule has 0 fully saturated rings. The number of carbonyl (C=O) groups excluding carboxylic acids is 1. The van der Waals surface area contributed by atoms with Crippen LogP contribution in [0.1, 0.15) is 16.2 Å². The van der Waals surface area contributed by atoms with Gasteiger partial charge >= 0.3 is 5.97 Å². The molecular formula is C11H11N3O2S2. The molecule has 18 heavy (non-hydrogen) atoms. The van der Waals surface area contributed by atoms with Gasteiger partial charge in [-0.15, -0.1) is 0 Å². The molecule has 0 bridgehead atoms. The van der Waals surface area contributed by atoms with E-state index in [1.54, 1.807) is 18.2 Å². The molecule has 2 aromatic rings. The maximum absolute atomic E-state index is 11.4. The third-order valence-electron chi connectivity index (χ3n) is 2.14. The van der Waals surface area contributed by atoms with E-state index in [0.29, 0.717) is 11.3 Å². The van der Waals surface area contributed by atoms with Gasteiger partial charge in [-0.05, 0) is 36.7 Å². The Morgan fingerprint density at radius 3 is 2.89 bits per heavy atom. The molecule has 94 valence electrons. The number of nitrogens with two attached hydrogens (primary N) is 1. The molecule has 0 saturated carbocycles. The highest BCUT2D eigenvalue weighted by Gasteiger charge is 2.11. The number of hydrogen-bond acceptors (Lipinski definition) is 7. The number of aromatic nitrogens is 2. The fraction of sp³-hybridized carbons (Fsp3) is 0.182. The number of ether oxygens (including phenoxy) is 1. The Hall–Kier alpha value is -1.60. The third kappa shape index (κ3) is 2.80. The molecule has 1 heterocycles. The number of nitrogens with zero attached hydrogens (tertiary/aromatic N) is 2. The summed E-state index contributed by atoms with van der Waals surface area (Å²) in [7, 11) is 1.35. The highest BCUT2D eigenvalue weighted by atomic mass is 32.2. The predicted molar refractivity (Wildman–Crippen MR) is 71.0 cm³/mol. The van der Waals surface area contributed by atoms with E-state index in [0.717, 1.165) is 15.1 Å². The van der Waals surface area contributed by atoms with E-state index in [1.165, 1.54) is 30.4 Å². The first-order valence-electron chi connectivity index (χ1n) is 5.06. The van der Waals surface area contributed by atoms with Crippen molar-refractivity contribution in [2.24, 2.45) is 0 Å². The normalized spacial score (nSPS) is 10.3. The summed E-state index contributed by atoms with van der Waals surface area (Å²) < 4.78 is 9.56. The molecule has 0 radical (unpaired) electrons.